The molecule has 230 valence electrons. The number of hydrogen-bond donors (Lipinski definition) is 2. The number of tetrazole rings is 1. The maximum atomic E-state index is 13.6. The summed E-state index contributed by atoms with van der Waals surface area (Å²) in [4.78, 5) is 37.8. The third-order valence-electron chi connectivity index (χ3n) is 8.43. The highest BCUT2D eigenvalue weighted by Crippen LogP contribution is 2.37. The van der Waals surface area contributed by atoms with E-state index in [9.17, 15) is 19.1 Å². The number of aromatic nitrogens is 6. The first-order chi connectivity index (χ1) is 22.0. The van der Waals surface area contributed by atoms with Crippen LogP contribution in [-0.4, -0.2) is 77.9 Å². The van der Waals surface area contributed by atoms with Crippen LogP contribution in [0.3, 0.4) is 0 Å². The zero-order valence-electron chi connectivity index (χ0n) is 24.3. The number of nitrogens with zero attached hydrogens (tertiary/aromatic N) is 7. The standard InChI is InChI=1S/C32H31FN8O4/c33-24-18-23(24)30(43)35-22-6-7-27-25(17-22)36-31(45-27)21-8-11-34-26(16-21)32(44)40-12-9-20(10-13-40)28(19-4-2-1-3-5-19)29-37-39-41(38-29)14-15-42/h1-8,11,16-17,20,23-24,28,42H,9-10,12-15,18H2,(H,35,43)/t23-,24+,28-/m1/s1. The molecule has 5 aromatic rings. The molecular formula is C32H31FN8O4. The number of pyridine rings is 1. The summed E-state index contributed by atoms with van der Waals surface area (Å²) in [5.74, 6) is -0.0656. The van der Waals surface area contributed by atoms with Gasteiger partial charge in [0.15, 0.2) is 11.4 Å². The highest BCUT2D eigenvalue weighted by atomic mass is 19.1. The SMILES string of the molecule is O=C(Nc1ccc2oc(-c3ccnc(C(=O)N4CCC([C@@H](c5ccccc5)c5nnn(CCO)n5)CC4)c3)nc2c1)[C@@H]1C[C@@H]1F. The lowest BCUT2D eigenvalue weighted by Crippen LogP contribution is -2.40. The molecule has 1 saturated heterocycles. The normalized spacial score (nSPS) is 19.0. The Kier molecular flexibility index (Phi) is 7.76. The largest absolute Gasteiger partial charge is 0.436 e. The molecule has 0 spiro atoms. The molecule has 13 heteroatoms. The first kappa shape index (κ1) is 28.7. The van der Waals surface area contributed by atoms with Gasteiger partial charge in [-0.15, -0.1) is 10.2 Å². The van der Waals surface area contributed by atoms with Crippen molar-refractivity contribution in [3.8, 4) is 11.5 Å². The monoisotopic (exact) mass is 610 g/mol. The molecule has 7 rings (SSSR count). The molecular weight excluding hydrogens is 579 g/mol. The number of fused-ring (bicyclic) bond motifs is 1. The summed E-state index contributed by atoms with van der Waals surface area (Å²) in [7, 11) is 0. The number of carbonyl (C=O) groups is 2. The van der Waals surface area contributed by atoms with Crippen LogP contribution >= 0.6 is 0 Å². The maximum Gasteiger partial charge on any atom is 0.272 e. The first-order valence-corrected chi connectivity index (χ1v) is 15.0. The van der Waals surface area contributed by atoms with Gasteiger partial charge in [0.2, 0.25) is 11.8 Å². The molecule has 1 aliphatic carbocycles. The fourth-order valence-electron chi connectivity index (χ4n) is 5.93. The molecule has 2 fully saturated rings. The second-order valence-electron chi connectivity index (χ2n) is 11.5. The number of benzene rings is 2. The van der Waals surface area contributed by atoms with Crippen molar-refractivity contribution in [2.24, 2.45) is 11.8 Å². The summed E-state index contributed by atoms with van der Waals surface area (Å²) in [5, 5.41) is 25.0. The van der Waals surface area contributed by atoms with Gasteiger partial charge < -0.3 is 19.7 Å². The van der Waals surface area contributed by atoms with E-state index in [0.717, 1.165) is 18.4 Å². The van der Waals surface area contributed by atoms with Gasteiger partial charge in [0.1, 0.15) is 17.4 Å². The van der Waals surface area contributed by atoms with E-state index in [-0.39, 0.29) is 43.2 Å². The molecule has 45 heavy (non-hydrogen) atoms. The quantitative estimate of drug-likeness (QED) is 0.253. The third-order valence-corrected chi connectivity index (χ3v) is 8.43. The topological polar surface area (TPSA) is 152 Å². The summed E-state index contributed by atoms with van der Waals surface area (Å²) in [6.07, 6.45) is 2.24. The van der Waals surface area contributed by atoms with Crippen LogP contribution in [0, 0.1) is 11.8 Å². The van der Waals surface area contributed by atoms with Crippen LogP contribution in [0.15, 0.2) is 71.3 Å². The zero-order chi connectivity index (χ0) is 30.9. The van der Waals surface area contributed by atoms with E-state index >= 15 is 0 Å². The van der Waals surface area contributed by atoms with Crippen LogP contribution in [-0.2, 0) is 11.3 Å². The second kappa shape index (κ2) is 12.2. The van der Waals surface area contributed by atoms with Crippen molar-refractivity contribution in [1.29, 1.82) is 0 Å². The smallest absolute Gasteiger partial charge is 0.272 e. The number of likely N-dealkylation sites (tertiary alicyclic amines) is 1. The highest BCUT2D eigenvalue weighted by molar-refractivity contribution is 5.96. The predicted molar refractivity (Wildman–Crippen MR) is 161 cm³/mol. The van der Waals surface area contributed by atoms with Crippen molar-refractivity contribution >= 4 is 28.6 Å². The second-order valence-corrected chi connectivity index (χ2v) is 11.5. The number of amides is 2. The van der Waals surface area contributed by atoms with Gasteiger partial charge in [-0.05, 0) is 66.3 Å². The Bertz CT molecular complexity index is 1840. The molecule has 2 aromatic carbocycles. The Balaban J connectivity index is 1.04. The van der Waals surface area contributed by atoms with Gasteiger partial charge in [-0.25, -0.2) is 9.37 Å². The van der Waals surface area contributed by atoms with E-state index in [1.165, 1.54) is 4.80 Å². The van der Waals surface area contributed by atoms with Crippen LogP contribution in [0.25, 0.3) is 22.6 Å². The molecule has 2 aliphatic rings. The molecule has 0 radical (unpaired) electrons. The van der Waals surface area contributed by atoms with Crippen molar-refractivity contribution in [3.05, 3.63) is 83.9 Å². The molecule has 12 nitrogen and oxygen atoms in total. The lowest BCUT2D eigenvalue weighted by molar-refractivity contribution is -0.117. The Morgan fingerprint density at radius 2 is 1.89 bits per heavy atom. The average molecular weight is 611 g/mol. The van der Waals surface area contributed by atoms with E-state index < -0.39 is 12.1 Å². The number of rotatable bonds is 9. The number of nitrogens with one attached hydrogen (secondary N) is 1. The van der Waals surface area contributed by atoms with Gasteiger partial charge in [-0.1, -0.05) is 30.3 Å². The minimum Gasteiger partial charge on any atom is -0.436 e. The molecule has 3 atom stereocenters. The van der Waals surface area contributed by atoms with Crippen LogP contribution < -0.4 is 5.32 Å². The van der Waals surface area contributed by atoms with Crippen LogP contribution in [0.4, 0.5) is 10.1 Å². The molecule has 1 aliphatic heterocycles. The Morgan fingerprint density at radius 3 is 2.64 bits per heavy atom. The number of anilines is 1. The van der Waals surface area contributed by atoms with E-state index in [2.05, 4.69) is 42.8 Å². The van der Waals surface area contributed by atoms with Crippen LogP contribution in [0.2, 0.25) is 0 Å². The fourth-order valence-corrected chi connectivity index (χ4v) is 5.93. The number of carbonyl (C=O) groups excluding carboxylic acids is 2. The number of halogens is 1. The average Bonchev–Trinajstić information content (AvgIpc) is 3.41. The Labute approximate surface area is 257 Å². The van der Waals surface area contributed by atoms with Crippen molar-refractivity contribution < 1.29 is 23.5 Å². The van der Waals surface area contributed by atoms with Crippen LogP contribution in [0.5, 0.6) is 0 Å². The molecule has 0 bridgehead atoms. The number of aliphatic hydroxyl groups is 1. The first-order valence-electron chi connectivity index (χ1n) is 15.0. The summed E-state index contributed by atoms with van der Waals surface area (Å²) in [6.45, 7) is 1.30. The van der Waals surface area contributed by atoms with Crippen LogP contribution in [0.1, 0.15) is 47.1 Å². The lowest BCUT2D eigenvalue weighted by atomic mass is 9.79. The lowest BCUT2D eigenvalue weighted by Gasteiger charge is -2.35. The maximum absolute atomic E-state index is 13.6. The van der Waals surface area contributed by atoms with E-state index in [1.54, 1.807) is 36.5 Å². The summed E-state index contributed by atoms with van der Waals surface area (Å²) in [5.41, 5.74) is 3.54. The minimum absolute atomic E-state index is 0.0716. The van der Waals surface area contributed by atoms with Gasteiger partial charge in [0, 0.05) is 30.5 Å². The van der Waals surface area contributed by atoms with Gasteiger partial charge in [-0.3, -0.25) is 14.6 Å². The molecule has 0 unspecified atom stereocenters. The molecule has 2 amide bonds. The summed E-state index contributed by atoms with van der Waals surface area (Å²) in [6, 6.07) is 18.5. The van der Waals surface area contributed by atoms with E-state index in [1.807, 2.05) is 23.1 Å². The number of alkyl halides is 1. The predicted octanol–water partition coefficient (Wildman–Crippen LogP) is 3.85. The Morgan fingerprint density at radius 1 is 1.09 bits per heavy atom. The van der Waals surface area contributed by atoms with Gasteiger partial charge in [0.05, 0.1) is 25.0 Å². The summed E-state index contributed by atoms with van der Waals surface area (Å²) >= 11 is 0. The number of piperidine rings is 1. The Hall–Kier alpha value is -5.04. The van der Waals surface area contributed by atoms with E-state index in [0.29, 0.717) is 52.8 Å². The van der Waals surface area contributed by atoms with Gasteiger partial charge in [-0.2, -0.15) is 4.80 Å². The van der Waals surface area contributed by atoms with Crippen molar-refractivity contribution in [2.45, 2.75) is 37.9 Å². The molecule has 3 aromatic heterocycles. The highest BCUT2D eigenvalue weighted by Gasteiger charge is 2.43. The number of hydrogen-bond acceptors (Lipinski definition) is 9. The van der Waals surface area contributed by atoms with Gasteiger partial charge in [0.25, 0.3) is 5.91 Å². The van der Waals surface area contributed by atoms with Crippen molar-refractivity contribution in [1.82, 2.24) is 35.1 Å². The molecule has 4 heterocycles. The summed E-state index contributed by atoms with van der Waals surface area (Å²) < 4.78 is 19.2. The zero-order valence-corrected chi connectivity index (χ0v) is 24.3. The van der Waals surface area contributed by atoms with Crippen molar-refractivity contribution in [3.63, 3.8) is 0 Å². The minimum atomic E-state index is -1.07. The van der Waals surface area contributed by atoms with Gasteiger partial charge >= 0.3 is 0 Å². The molecule has 1 saturated carbocycles. The number of aliphatic hydroxyl groups excluding tert-OH is 1. The third kappa shape index (κ3) is 6.03. The van der Waals surface area contributed by atoms with Crippen molar-refractivity contribution in [2.75, 3.05) is 25.0 Å². The number of oxazole rings is 1. The molecule has 2 N–H and O–H groups in total. The fraction of sp³-hybridized carbons (Fsp3) is 0.344. The van der Waals surface area contributed by atoms with E-state index in [4.69, 9.17) is 4.42 Å².